The van der Waals surface area contributed by atoms with Crippen LogP contribution in [0, 0.1) is 0 Å². The summed E-state index contributed by atoms with van der Waals surface area (Å²) in [5, 5.41) is 9.59. The van der Waals surface area contributed by atoms with Crippen molar-refractivity contribution in [3.8, 4) is 5.75 Å². The number of phenolic OH excluding ortho intramolecular Hbond substituents is 1. The first-order valence-corrected chi connectivity index (χ1v) is 4.72. The molecule has 16 heavy (non-hydrogen) atoms. The van der Waals surface area contributed by atoms with Gasteiger partial charge in [-0.25, -0.2) is 0 Å². The Kier molecular flexibility index (Phi) is 2.55. The summed E-state index contributed by atoms with van der Waals surface area (Å²) in [4.78, 5) is 15.8. The molecule has 1 aromatic carbocycles. The lowest BCUT2D eigenvalue weighted by molar-refractivity contribution is 0.103. The van der Waals surface area contributed by atoms with Crippen molar-refractivity contribution in [3.63, 3.8) is 0 Å². The molecule has 0 fully saturated rings. The maximum Gasteiger partial charge on any atom is 0.215 e. The molecule has 0 aliphatic heterocycles. The Morgan fingerprint density at radius 2 is 2.06 bits per heavy atom. The van der Waals surface area contributed by atoms with Gasteiger partial charge in [0.25, 0.3) is 0 Å². The van der Waals surface area contributed by atoms with Crippen molar-refractivity contribution in [2.24, 2.45) is 0 Å². The van der Waals surface area contributed by atoms with E-state index in [2.05, 4.69) is 4.98 Å². The van der Waals surface area contributed by atoms with Crippen molar-refractivity contribution in [2.75, 3.05) is 5.73 Å². The number of aromatic nitrogens is 1. The number of carbonyl (C=O) groups is 1. The molecule has 1 heterocycles. The first-order valence-electron chi connectivity index (χ1n) is 4.72. The van der Waals surface area contributed by atoms with Gasteiger partial charge < -0.3 is 10.8 Å². The number of nitrogens with zero attached hydrogens (tertiary/aromatic N) is 1. The van der Waals surface area contributed by atoms with Crippen LogP contribution in [0.4, 0.5) is 5.69 Å². The minimum atomic E-state index is -0.321. The summed E-state index contributed by atoms with van der Waals surface area (Å²) in [7, 11) is 0. The van der Waals surface area contributed by atoms with Crippen molar-refractivity contribution in [2.45, 2.75) is 0 Å². The van der Waals surface area contributed by atoms with Crippen molar-refractivity contribution < 1.29 is 9.90 Å². The van der Waals surface area contributed by atoms with Crippen LogP contribution in [0.2, 0.25) is 0 Å². The van der Waals surface area contributed by atoms with Gasteiger partial charge in [0.15, 0.2) is 0 Å². The second-order valence-electron chi connectivity index (χ2n) is 3.32. The number of hydrogen-bond acceptors (Lipinski definition) is 4. The van der Waals surface area contributed by atoms with Gasteiger partial charge in [0.1, 0.15) is 11.4 Å². The van der Waals surface area contributed by atoms with Crippen LogP contribution in [0.3, 0.4) is 0 Å². The lowest BCUT2D eigenvalue weighted by atomic mass is 10.1. The summed E-state index contributed by atoms with van der Waals surface area (Å²) in [5.41, 5.74) is 6.39. The number of anilines is 1. The Morgan fingerprint density at radius 1 is 1.25 bits per heavy atom. The third kappa shape index (κ3) is 1.86. The van der Waals surface area contributed by atoms with E-state index in [-0.39, 0.29) is 17.1 Å². The molecule has 0 unspecified atom stereocenters. The molecule has 0 radical (unpaired) electrons. The fourth-order valence-electron chi connectivity index (χ4n) is 1.38. The van der Waals surface area contributed by atoms with E-state index in [4.69, 9.17) is 5.73 Å². The highest BCUT2D eigenvalue weighted by molar-refractivity contribution is 6.09. The van der Waals surface area contributed by atoms with Gasteiger partial charge in [0.05, 0.1) is 5.56 Å². The molecule has 4 nitrogen and oxygen atoms in total. The smallest absolute Gasteiger partial charge is 0.215 e. The molecule has 3 N–H and O–H groups in total. The zero-order valence-electron chi connectivity index (χ0n) is 8.42. The minimum absolute atomic E-state index is 0.129. The number of phenols is 1. The summed E-state index contributed by atoms with van der Waals surface area (Å²) in [6.45, 7) is 0. The van der Waals surface area contributed by atoms with Gasteiger partial charge in [-0.1, -0.05) is 6.07 Å². The molecule has 0 atom stereocenters. The first-order chi connectivity index (χ1) is 7.68. The molecule has 0 amide bonds. The number of nitrogen functional groups attached to an aromatic ring is 1. The fraction of sp³-hybridized carbons (Fsp3) is 0. The molecule has 1 aromatic heterocycles. The van der Waals surface area contributed by atoms with Gasteiger partial charge in [0.2, 0.25) is 5.78 Å². The highest BCUT2D eigenvalue weighted by Crippen LogP contribution is 2.22. The number of carbonyl (C=O) groups excluding carboxylic acids is 1. The zero-order valence-corrected chi connectivity index (χ0v) is 8.42. The van der Waals surface area contributed by atoms with Crippen molar-refractivity contribution >= 4 is 11.5 Å². The zero-order chi connectivity index (χ0) is 11.5. The van der Waals surface area contributed by atoms with Gasteiger partial charge in [0, 0.05) is 18.0 Å². The van der Waals surface area contributed by atoms with E-state index >= 15 is 0 Å². The van der Waals surface area contributed by atoms with E-state index in [0.717, 1.165) is 0 Å². The molecule has 0 saturated heterocycles. The SMILES string of the molecule is Nc1ccc(C(=O)c2ccccn2)c(O)c1. The Bertz CT molecular complexity index is 524. The lowest BCUT2D eigenvalue weighted by Crippen LogP contribution is -2.04. The van der Waals surface area contributed by atoms with Crippen LogP contribution >= 0.6 is 0 Å². The van der Waals surface area contributed by atoms with Crippen LogP contribution in [0.5, 0.6) is 5.75 Å². The minimum Gasteiger partial charge on any atom is -0.507 e. The quantitative estimate of drug-likeness (QED) is 0.588. The van der Waals surface area contributed by atoms with E-state index in [1.165, 1.54) is 18.3 Å². The fourth-order valence-corrected chi connectivity index (χ4v) is 1.38. The van der Waals surface area contributed by atoms with Gasteiger partial charge in [-0.2, -0.15) is 0 Å². The number of hydrogen-bond donors (Lipinski definition) is 2. The van der Waals surface area contributed by atoms with E-state index in [0.29, 0.717) is 11.4 Å². The Labute approximate surface area is 92.4 Å². The number of nitrogens with two attached hydrogens (primary N) is 1. The summed E-state index contributed by atoms with van der Waals surface area (Å²) in [6.07, 6.45) is 1.53. The van der Waals surface area contributed by atoms with E-state index < -0.39 is 0 Å². The molecule has 0 aliphatic rings. The third-order valence-electron chi connectivity index (χ3n) is 2.16. The topological polar surface area (TPSA) is 76.2 Å². The summed E-state index contributed by atoms with van der Waals surface area (Å²) in [5.74, 6) is -0.450. The van der Waals surface area contributed by atoms with Gasteiger partial charge in [-0.3, -0.25) is 9.78 Å². The second-order valence-corrected chi connectivity index (χ2v) is 3.32. The summed E-state index contributed by atoms with van der Waals surface area (Å²) >= 11 is 0. The molecule has 0 aliphatic carbocycles. The van der Waals surface area contributed by atoms with Gasteiger partial charge in [-0.15, -0.1) is 0 Å². The Balaban J connectivity index is 2.42. The molecule has 4 heteroatoms. The number of rotatable bonds is 2. The average molecular weight is 214 g/mol. The molecule has 2 rings (SSSR count). The summed E-state index contributed by atoms with van der Waals surface area (Å²) < 4.78 is 0. The van der Waals surface area contributed by atoms with Crippen molar-refractivity contribution in [3.05, 3.63) is 53.9 Å². The molecule has 0 spiro atoms. The number of pyridine rings is 1. The number of aromatic hydroxyl groups is 1. The highest BCUT2D eigenvalue weighted by atomic mass is 16.3. The van der Waals surface area contributed by atoms with E-state index in [1.54, 1.807) is 24.3 Å². The van der Waals surface area contributed by atoms with Crippen LogP contribution in [0.1, 0.15) is 16.1 Å². The maximum atomic E-state index is 11.9. The van der Waals surface area contributed by atoms with E-state index in [1.807, 2.05) is 0 Å². The Hall–Kier alpha value is -2.36. The van der Waals surface area contributed by atoms with Gasteiger partial charge >= 0.3 is 0 Å². The van der Waals surface area contributed by atoms with Crippen LogP contribution in [-0.4, -0.2) is 15.9 Å². The maximum absolute atomic E-state index is 11.9. The van der Waals surface area contributed by atoms with Gasteiger partial charge in [-0.05, 0) is 24.3 Å². The molecule has 0 saturated carbocycles. The molecule has 0 bridgehead atoms. The molecule has 2 aromatic rings. The van der Waals surface area contributed by atoms with Crippen molar-refractivity contribution in [1.82, 2.24) is 4.98 Å². The predicted molar refractivity (Wildman–Crippen MR) is 60.2 cm³/mol. The normalized spacial score (nSPS) is 10.0. The molecular weight excluding hydrogens is 204 g/mol. The lowest BCUT2D eigenvalue weighted by Gasteiger charge is -2.03. The van der Waals surface area contributed by atoms with E-state index in [9.17, 15) is 9.90 Å². The van der Waals surface area contributed by atoms with Crippen LogP contribution in [0.15, 0.2) is 42.6 Å². The second kappa shape index (κ2) is 4.02. The Morgan fingerprint density at radius 3 is 2.69 bits per heavy atom. The first kappa shape index (κ1) is 10.2. The van der Waals surface area contributed by atoms with Crippen LogP contribution < -0.4 is 5.73 Å². The molecule has 80 valence electrons. The largest absolute Gasteiger partial charge is 0.507 e. The van der Waals surface area contributed by atoms with Crippen LogP contribution in [-0.2, 0) is 0 Å². The predicted octanol–water partition coefficient (Wildman–Crippen LogP) is 1.60. The van der Waals surface area contributed by atoms with Crippen LogP contribution in [0.25, 0.3) is 0 Å². The molecular formula is C12H10N2O2. The number of ketones is 1. The average Bonchev–Trinajstić information content (AvgIpc) is 2.29. The standard InChI is InChI=1S/C12H10N2O2/c13-8-4-5-9(11(15)7-8)12(16)10-3-1-2-6-14-10/h1-7,15H,13H2. The summed E-state index contributed by atoms with van der Waals surface area (Å²) in [6, 6.07) is 9.43. The monoisotopic (exact) mass is 214 g/mol. The third-order valence-corrected chi connectivity index (χ3v) is 2.16. The number of benzene rings is 1. The highest BCUT2D eigenvalue weighted by Gasteiger charge is 2.14. The van der Waals surface area contributed by atoms with Crippen molar-refractivity contribution in [1.29, 1.82) is 0 Å².